The Hall–Kier alpha value is -1.42. The molecule has 1 saturated carbocycles. The maximum absolute atomic E-state index is 13.6. The van der Waals surface area contributed by atoms with Gasteiger partial charge >= 0.3 is 0 Å². The molecule has 0 saturated heterocycles. The van der Waals surface area contributed by atoms with Gasteiger partial charge in [0.2, 0.25) is 0 Å². The van der Waals surface area contributed by atoms with Gasteiger partial charge in [0.1, 0.15) is 5.82 Å². The fourth-order valence-corrected chi connectivity index (χ4v) is 2.13. The summed E-state index contributed by atoms with van der Waals surface area (Å²) in [4.78, 5) is 12.1. The van der Waals surface area contributed by atoms with Crippen LogP contribution in [0.2, 0.25) is 0 Å². The summed E-state index contributed by atoms with van der Waals surface area (Å²) in [6.45, 7) is 3.48. The van der Waals surface area contributed by atoms with E-state index in [0.717, 1.165) is 18.4 Å². The van der Waals surface area contributed by atoms with Gasteiger partial charge in [-0.05, 0) is 44.7 Å². The molecule has 2 N–H and O–H groups in total. The number of carbonyl (C=O) groups excluding carboxylic acids is 1. The lowest BCUT2D eigenvalue weighted by atomic mass is 9.96. The maximum Gasteiger partial charge on any atom is 0.254 e. The zero-order chi connectivity index (χ0) is 13.3. The predicted octanol–water partition coefficient (Wildman–Crippen LogP) is 2.02. The molecule has 4 heteroatoms. The number of hydrogen-bond acceptors (Lipinski definition) is 2. The minimum atomic E-state index is -0.646. The molecule has 2 rings (SSSR count). The standard InChI is InChI=1S/C14H18FNO2/c1-9-3-6-12(15)11(7-9)13(18)16-14(2,8-17)10-4-5-10/h3,6-7,10,17H,4-5,8H2,1-2H3,(H,16,18). The molecule has 1 unspecified atom stereocenters. The molecule has 0 radical (unpaired) electrons. The van der Waals surface area contributed by atoms with Crippen molar-refractivity contribution in [3.8, 4) is 0 Å². The third-order valence-corrected chi connectivity index (χ3v) is 3.57. The molecule has 0 aliphatic heterocycles. The summed E-state index contributed by atoms with van der Waals surface area (Å²) < 4.78 is 13.6. The molecule has 0 bridgehead atoms. The molecule has 1 aromatic rings. The second kappa shape index (κ2) is 4.69. The first-order valence-corrected chi connectivity index (χ1v) is 6.16. The van der Waals surface area contributed by atoms with Crippen LogP contribution in [0.1, 0.15) is 35.7 Å². The van der Waals surface area contributed by atoms with E-state index >= 15 is 0 Å². The van der Waals surface area contributed by atoms with E-state index in [1.54, 1.807) is 13.0 Å². The van der Waals surface area contributed by atoms with E-state index in [4.69, 9.17) is 0 Å². The number of benzene rings is 1. The molecule has 98 valence electrons. The number of nitrogens with one attached hydrogen (secondary N) is 1. The summed E-state index contributed by atoms with van der Waals surface area (Å²) >= 11 is 0. The fraction of sp³-hybridized carbons (Fsp3) is 0.500. The highest BCUT2D eigenvalue weighted by molar-refractivity contribution is 5.95. The number of aliphatic hydroxyl groups is 1. The quantitative estimate of drug-likeness (QED) is 0.860. The smallest absolute Gasteiger partial charge is 0.254 e. The van der Waals surface area contributed by atoms with Crippen molar-refractivity contribution in [3.05, 3.63) is 35.1 Å². The minimum absolute atomic E-state index is 0.0373. The second-order valence-corrected chi connectivity index (χ2v) is 5.29. The molecule has 0 spiro atoms. The topological polar surface area (TPSA) is 49.3 Å². The Kier molecular flexibility index (Phi) is 3.39. The van der Waals surface area contributed by atoms with Crippen LogP contribution in [0.15, 0.2) is 18.2 Å². The first-order chi connectivity index (χ1) is 8.46. The normalized spacial score (nSPS) is 18.2. The number of hydrogen-bond donors (Lipinski definition) is 2. The molecule has 1 amide bonds. The molecule has 1 fully saturated rings. The van der Waals surface area contributed by atoms with Crippen LogP contribution in [0.3, 0.4) is 0 Å². The van der Waals surface area contributed by atoms with Crippen molar-refractivity contribution >= 4 is 5.91 Å². The molecule has 3 nitrogen and oxygen atoms in total. The third kappa shape index (κ3) is 2.53. The Morgan fingerprint density at radius 1 is 1.56 bits per heavy atom. The van der Waals surface area contributed by atoms with Crippen molar-refractivity contribution in [2.24, 2.45) is 5.92 Å². The number of amides is 1. The van der Waals surface area contributed by atoms with Crippen LogP contribution < -0.4 is 5.32 Å². The van der Waals surface area contributed by atoms with Gasteiger partial charge in [-0.15, -0.1) is 0 Å². The van der Waals surface area contributed by atoms with E-state index in [9.17, 15) is 14.3 Å². The zero-order valence-corrected chi connectivity index (χ0v) is 10.7. The molecule has 1 atom stereocenters. The minimum Gasteiger partial charge on any atom is -0.394 e. The molecule has 0 heterocycles. The highest BCUT2D eigenvalue weighted by Gasteiger charge is 2.42. The fourth-order valence-electron chi connectivity index (χ4n) is 2.13. The monoisotopic (exact) mass is 251 g/mol. The number of aliphatic hydroxyl groups excluding tert-OH is 1. The summed E-state index contributed by atoms with van der Waals surface area (Å²) in [6.07, 6.45) is 1.99. The van der Waals surface area contributed by atoms with Gasteiger partial charge in [0, 0.05) is 0 Å². The van der Waals surface area contributed by atoms with E-state index in [1.807, 2.05) is 6.92 Å². The van der Waals surface area contributed by atoms with Gasteiger partial charge in [0.25, 0.3) is 5.91 Å². The Labute approximate surface area is 106 Å². The van der Waals surface area contributed by atoms with E-state index in [0.29, 0.717) is 5.92 Å². The summed E-state index contributed by atoms with van der Waals surface area (Å²) in [5.74, 6) is -0.701. The summed E-state index contributed by atoms with van der Waals surface area (Å²) in [5, 5.41) is 12.2. The van der Waals surface area contributed by atoms with Gasteiger partial charge in [-0.25, -0.2) is 4.39 Å². The van der Waals surface area contributed by atoms with Crippen molar-refractivity contribution in [3.63, 3.8) is 0 Å². The van der Waals surface area contributed by atoms with Gasteiger partial charge in [0.15, 0.2) is 0 Å². The number of carbonyl (C=O) groups is 1. The average molecular weight is 251 g/mol. The van der Waals surface area contributed by atoms with Crippen molar-refractivity contribution in [1.29, 1.82) is 0 Å². The summed E-state index contributed by atoms with van der Waals surface area (Å²) in [5.41, 5.74) is 0.224. The maximum atomic E-state index is 13.6. The highest BCUT2D eigenvalue weighted by Crippen LogP contribution is 2.39. The molecule has 0 aromatic heterocycles. The molecular formula is C14H18FNO2. The van der Waals surface area contributed by atoms with E-state index < -0.39 is 17.3 Å². The summed E-state index contributed by atoms with van der Waals surface area (Å²) in [6, 6.07) is 4.44. The highest BCUT2D eigenvalue weighted by atomic mass is 19.1. The van der Waals surface area contributed by atoms with E-state index in [-0.39, 0.29) is 12.2 Å². The Morgan fingerprint density at radius 3 is 2.78 bits per heavy atom. The zero-order valence-electron chi connectivity index (χ0n) is 10.7. The van der Waals surface area contributed by atoms with Crippen LogP contribution in [0.5, 0.6) is 0 Å². The van der Waals surface area contributed by atoms with Crippen molar-refractivity contribution < 1.29 is 14.3 Å². The SMILES string of the molecule is Cc1ccc(F)c(C(=O)NC(C)(CO)C2CC2)c1. The van der Waals surface area contributed by atoms with Crippen LogP contribution in [0, 0.1) is 18.7 Å². The Morgan fingerprint density at radius 2 is 2.22 bits per heavy atom. The first kappa shape index (κ1) is 13.0. The van der Waals surface area contributed by atoms with Crippen LogP contribution in [0.25, 0.3) is 0 Å². The van der Waals surface area contributed by atoms with E-state index in [2.05, 4.69) is 5.32 Å². The molecule has 1 aromatic carbocycles. The van der Waals surface area contributed by atoms with Gasteiger partial charge in [-0.2, -0.15) is 0 Å². The van der Waals surface area contributed by atoms with Crippen molar-refractivity contribution in [2.75, 3.05) is 6.61 Å². The van der Waals surface area contributed by atoms with Gasteiger partial charge in [0.05, 0.1) is 17.7 Å². The average Bonchev–Trinajstić information content (AvgIpc) is 3.16. The van der Waals surface area contributed by atoms with Gasteiger partial charge in [-0.1, -0.05) is 11.6 Å². The van der Waals surface area contributed by atoms with Crippen molar-refractivity contribution in [1.82, 2.24) is 5.32 Å². The number of rotatable bonds is 4. The molecule has 18 heavy (non-hydrogen) atoms. The largest absolute Gasteiger partial charge is 0.394 e. The van der Waals surface area contributed by atoms with Crippen LogP contribution in [0.4, 0.5) is 4.39 Å². The lowest BCUT2D eigenvalue weighted by Gasteiger charge is -2.28. The van der Waals surface area contributed by atoms with Crippen LogP contribution in [-0.4, -0.2) is 23.2 Å². The lowest BCUT2D eigenvalue weighted by molar-refractivity contribution is 0.0820. The number of aryl methyl sites for hydroxylation is 1. The Bertz CT molecular complexity index is 471. The second-order valence-electron chi connectivity index (χ2n) is 5.29. The molecule has 1 aliphatic rings. The number of halogens is 1. The molecular weight excluding hydrogens is 233 g/mol. The van der Waals surface area contributed by atoms with Gasteiger partial charge < -0.3 is 10.4 Å². The first-order valence-electron chi connectivity index (χ1n) is 6.16. The van der Waals surface area contributed by atoms with Gasteiger partial charge in [-0.3, -0.25) is 4.79 Å². The van der Waals surface area contributed by atoms with Crippen LogP contribution >= 0.6 is 0 Å². The van der Waals surface area contributed by atoms with Crippen molar-refractivity contribution in [2.45, 2.75) is 32.2 Å². The van der Waals surface area contributed by atoms with Crippen LogP contribution in [-0.2, 0) is 0 Å². The predicted molar refractivity (Wildman–Crippen MR) is 66.8 cm³/mol. The van der Waals surface area contributed by atoms with E-state index in [1.165, 1.54) is 12.1 Å². The Balaban J connectivity index is 2.18. The summed E-state index contributed by atoms with van der Waals surface area (Å²) in [7, 11) is 0. The molecule has 1 aliphatic carbocycles. The lowest BCUT2D eigenvalue weighted by Crippen LogP contribution is -2.50. The third-order valence-electron chi connectivity index (χ3n) is 3.57.